The largest absolute Gasteiger partial charge is 0.475 e. The lowest BCUT2D eigenvalue weighted by Crippen LogP contribution is -2.51. The van der Waals surface area contributed by atoms with Crippen LogP contribution in [0.5, 0.6) is 0 Å². The monoisotopic (exact) mass is 365 g/mol. The van der Waals surface area contributed by atoms with E-state index < -0.39 is 13.1 Å². The molecule has 3 fully saturated rings. The van der Waals surface area contributed by atoms with Gasteiger partial charge in [0.15, 0.2) is 0 Å². The lowest BCUT2D eigenvalue weighted by molar-refractivity contribution is -0.138. The number of nitrogens with zero attached hydrogens (tertiary/aromatic N) is 2. The van der Waals surface area contributed by atoms with Gasteiger partial charge >= 0.3 is 7.12 Å². The minimum atomic E-state index is -1.46. The highest BCUT2D eigenvalue weighted by Gasteiger charge is 2.37. The van der Waals surface area contributed by atoms with Gasteiger partial charge in [0, 0.05) is 31.6 Å². The van der Waals surface area contributed by atoms with Gasteiger partial charge in [-0.25, -0.2) is 0 Å². The summed E-state index contributed by atoms with van der Waals surface area (Å²) in [5, 5.41) is 22.1. The van der Waals surface area contributed by atoms with E-state index in [1.54, 1.807) is 4.90 Å². The van der Waals surface area contributed by atoms with E-state index in [2.05, 4.69) is 5.32 Å². The van der Waals surface area contributed by atoms with Gasteiger partial charge in [0.1, 0.15) is 0 Å². The smallest absolute Gasteiger partial charge is 0.426 e. The predicted molar refractivity (Wildman–Crippen MR) is 99.1 cm³/mol. The quantitative estimate of drug-likeness (QED) is 0.603. The number of likely N-dealkylation sites (tertiary alicyclic amines) is 2. The molecule has 1 saturated carbocycles. The first-order valence-corrected chi connectivity index (χ1v) is 10.2. The van der Waals surface area contributed by atoms with Crippen LogP contribution < -0.4 is 5.32 Å². The van der Waals surface area contributed by atoms with E-state index in [4.69, 9.17) is 0 Å². The van der Waals surface area contributed by atoms with Crippen molar-refractivity contribution in [2.75, 3.05) is 26.2 Å². The average Bonchev–Trinajstić information content (AvgIpc) is 3.17. The van der Waals surface area contributed by atoms with Crippen LogP contribution in [0.1, 0.15) is 57.8 Å². The fraction of sp³-hybridized carbons (Fsp3) is 0.889. The molecular weight excluding hydrogens is 333 g/mol. The fourth-order valence-corrected chi connectivity index (χ4v) is 4.66. The molecule has 3 N–H and O–H groups in total. The number of nitrogens with one attached hydrogen (secondary N) is 1. The Hall–Kier alpha value is -1.12. The van der Waals surface area contributed by atoms with Crippen LogP contribution in [0.2, 0.25) is 0 Å². The molecule has 0 bridgehead atoms. The van der Waals surface area contributed by atoms with Gasteiger partial charge < -0.3 is 25.2 Å². The second kappa shape index (κ2) is 9.19. The van der Waals surface area contributed by atoms with Crippen LogP contribution in [0.3, 0.4) is 0 Å². The maximum absolute atomic E-state index is 12.6. The van der Waals surface area contributed by atoms with Crippen LogP contribution in [0.4, 0.5) is 0 Å². The van der Waals surface area contributed by atoms with Crippen LogP contribution in [0.25, 0.3) is 0 Å². The molecular formula is C18H32BN3O4. The van der Waals surface area contributed by atoms with Crippen LogP contribution in [-0.4, -0.2) is 76.9 Å². The molecule has 3 aliphatic rings. The average molecular weight is 365 g/mol. The second-order valence-corrected chi connectivity index (χ2v) is 8.03. The maximum atomic E-state index is 12.6. The molecule has 0 aromatic carbocycles. The third kappa shape index (κ3) is 4.78. The first-order chi connectivity index (χ1) is 12.6. The summed E-state index contributed by atoms with van der Waals surface area (Å²) >= 11 is 0. The second-order valence-electron chi connectivity index (χ2n) is 8.03. The number of carbonyl (C=O) groups is 2. The first kappa shape index (κ1) is 19.6. The van der Waals surface area contributed by atoms with Crippen LogP contribution in [-0.2, 0) is 9.59 Å². The van der Waals surface area contributed by atoms with Gasteiger partial charge in [-0.1, -0.05) is 19.3 Å². The van der Waals surface area contributed by atoms with Crippen molar-refractivity contribution in [1.29, 1.82) is 0 Å². The van der Waals surface area contributed by atoms with E-state index in [1.807, 2.05) is 4.90 Å². The van der Waals surface area contributed by atoms with Gasteiger partial charge in [-0.2, -0.15) is 0 Å². The van der Waals surface area contributed by atoms with E-state index in [9.17, 15) is 19.6 Å². The number of piperidine rings is 1. The molecule has 2 amide bonds. The Kier molecular flexibility index (Phi) is 6.95. The lowest BCUT2D eigenvalue weighted by atomic mass is 9.78. The van der Waals surface area contributed by atoms with Crippen LogP contribution in [0.15, 0.2) is 0 Å². The molecule has 1 atom stereocenters. The number of hydrogen-bond acceptors (Lipinski definition) is 5. The highest BCUT2D eigenvalue weighted by Crippen LogP contribution is 2.26. The molecule has 26 heavy (non-hydrogen) atoms. The number of amides is 2. The van der Waals surface area contributed by atoms with Gasteiger partial charge in [-0.3, -0.25) is 9.59 Å². The first-order valence-electron chi connectivity index (χ1n) is 10.2. The van der Waals surface area contributed by atoms with Gasteiger partial charge in [0.05, 0.1) is 12.5 Å². The molecule has 2 aliphatic heterocycles. The minimum Gasteiger partial charge on any atom is -0.426 e. The van der Waals surface area contributed by atoms with E-state index >= 15 is 0 Å². The van der Waals surface area contributed by atoms with Crippen molar-refractivity contribution >= 4 is 18.9 Å². The molecule has 8 heteroatoms. The Balaban J connectivity index is 1.38. The Labute approximate surface area is 156 Å². The molecule has 1 unspecified atom stereocenters. The normalized spacial score (nSPS) is 25.5. The summed E-state index contributed by atoms with van der Waals surface area (Å²) in [4.78, 5) is 28.5. The summed E-state index contributed by atoms with van der Waals surface area (Å²) < 4.78 is 0. The SMILES string of the molecule is O=C(C1CCCCC1)N1CCC(NCC(=O)N2CCCC2B(O)O)CC1. The van der Waals surface area contributed by atoms with Crippen molar-refractivity contribution in [3.63, 3.8) is 0 Å². The summed E-state index contributed by atoms with van der Waals surface area (Å²) in [5.74, 6) is 0.0171. The van der Waals surface area contributed by atoms with Gasteiger partial charge in [-0.05, 0) is 38.5 Å². The molecule has 3 rings (SSSR count). The van der Waals surface area contributed by atoms with E-state index in [-0.39, 0.29) is 24.4 Å². The highest BCUT2D eigenvalue weighted by molar-refractivity contribution is 6.43. The Morgan fingerprint density at radius 1 is 0.923 bits per heavy atom. The van der Waals surface area contributed by atoms with Crippen molar-refractivity contribution < 1.29 is 19.6 Å². The lowest BCUT2D eigenvalue weighted by Gasteiger charge is -2.35. The van der Waals surface area contributed by atoms with Crippen molar-refractivity contribution in [2.24, 2.45) is 5.92 Å². The molecule has 2 saturated heterocycles. The molecule has 0 aromatic heterocycles. The predicted octanol–water partition coefficient (Wildman–Crippen LogP) is 0.150. The van der Waals surface area contributed by atoms with Gasteiger partial charge in [0.2, 0.25) is 11.8 Å². The standard InChI is InChI=1S/C18H32BN3O4/c23-17(22-10-4-7-16(22)19(25)26)13-20-15-8-11-21(12-9-15)18(24)14-5-2-1-3-6-14/h14-16,20,25-26H,1-13H2. The molecule has 2 heterocycles. The van der Waals surface area contributed by atoms with Crippen LogP contribution >= 0.6 is 0 Å². The Morgan fingerprint density at radius 2 is 1.62 bits per heavy atom. The number of rotatable bonds is 5. The zero-order chi connectivity index (χ0) is 18.5. The molecule has 146 valence electrons. The molecule has 0 radical (unpaired) electrons. The molecule has 7 nitrogen and oxygen atoms in total. The van der Waals surface area contributed by atoms with Crippen molar-refractivity contribution in [2.45, 2.75) is 69.8 Å². The zero-order valence-corrected chi connectivity index (χ0v) is 15.6. The summed E-state index contributed by atoms with van der Waals surface area (Å²) in [6, 6.07) is 0.245. The Bertz CT molecular complexity index is 491. The summed E-state index contributed by atoms with van der Waals surface area (Å²) in [7, 11) is -1.46. The highest BCUT2D eigenvalue weighted by atomic mass is 16.4. The van der Waals surface area contributed by atoms with E-state index in [0.29, 0.717) is 18.9 Å². The van der Waals surface area contributed by atoms with E-state index in [0.717, 1.165) is 45.2 Å². The van der Waals surface area contributed by atoms with Crippen LogP contribution in [0, 0.1) is 5.92 Å². The Morgan fingerprint density at radius 3 is 2.27 bits per heavy atom. The zero-order valence-electron chi connectivity index (χ0n) is 15.6. The summed E-state index contributed by atoms with van der Waals surface area (Å²) in [5.41, 5.74) is 0. The fourth-order valence-electron chi connectivity index (χ4n) is 4.66. The summed E-state index contributed by atoms with van der Waals surface area (Å²) in [6.45, 7) is 2.35. The number of hydrogen-bond donors (Lipinski definition) is 3. The van der Waals surface area contributed by atoms with Crippen molar-refractivity contribution in [3.05, 3.63) is 0 Å². The maximum Gasteiger partial charge on any atom is 0.475 e. The van der Waals surface area contributed by atoms with Crippen molar-refractivity contribution in [1.82, 2.24) is 15.1 Å². The third-order valence-electron chi connectivity index (χ3n) is 6.27. The summed E-state index contributed by atoms with van der Waals surface area (Å²) in [6.07, 6.45) is 8.90. The molecule has 1 aliphatic carbocycles. The van der Waals surface area contributed by atoms with Gasteiger partial charge in [0.25, 0.3) is 0 Å². The molecule has 0 aromatic rings. The third-order valence-corrected chi connectivity index (χ3v) is 6.27. The van der Waals surface area contributed by atoms with E-state index in [1.165, 1.54) is 19.3 Å². The topological polar surface area (TPSA) is 93.1 Å². The number of carbonyl (C=O) groups excluding carboxylic acids is 2. The molecule has 0 spiro atoms. The van der Waals surface area contributed by atoms with Crippen molar-refractivity contribution in [3.8, 4) is 0 Å². The minimum absolute atomic E-state index is 0.0682. The van der Waals surface area contributed by atoms with Gasteiger partial charge in [-0.15, -0.1) is 0 Å².